The van der Waals surface area contributed by atoms with Crippen molar-refractivity contribution in [1.82, 2.24) is 15.6 Å². The van der Waals surface area contributed by atoms with E-state index in [-0.39, 0.29) is 11.9 Å². The highest BCUT2D eigenvalue weighted by Gasteiger charge is 2.25. The standard InChI is InChI=1S/C20H26FN5O/c1-22-20(24-12-15-5-7-16(8-6-15)14-27-2)25-17-9-11-26(13-17)19-18(21)4-3-10-23-19/h3-8,10,17H,9,11-14H2,1-2H3,(H2,22,24,25). The Morgan fingerprint density at radius 1 is 1.30 bits per heavy atom. The number of guanidine groups is 1. The molecule has 1 atom stereocenters. The van der Waals surface area contributed by atoms with Crippen LogP contribution in [0.2, 0.25) is 0 Å². The van der Waals surface area contributed by atoms with Gasteiger partial charge in [0.2, 0.25) is 0 Å². The van der Waals surface area contributed by atoms with Gasteiger partial charge in [-0.25, -0.2) is 9.37 Å². The highest BCUT2D eigenvalue weighted by molar-refractivity contribution is 5.80. The number of ether oxygens (including phenoxy) is 1. The summed E-state index contributed by atoms with van der Waals surface area (Å²) in [5, 5.41) is 6.74. The molecule has 2 aromatic rings. The molecule has 0 bridgehead atoms. The molecule has 0 amide bonds. The Labute approximate surface area is 159 Å². The average molecular weight is 371 g/mol. The first-order valence-electron chi connectivity index (χ1n) is 9.09. The van der Waals surface area contributed by atoms with E-state index < -0.39 is 0 Å². The normalized spacial score (nSPS) is 17.2. The van der Waals surface area contributed by atoms with Crippen LogP contribution in [0.1, 0.15) is 17.5 Å². The predicted octanol–water partition coefficient (Wildman–Crippen LogP) is 2.31. The van der Waals surface area contributed by atoms with Crippen LogP contribution in [0.4, 0.5) is 10.2 Å². The highest BCUT2D eigenvalue weighted by Crippen LogP contribution is 2.20. The lowest BCUT2D eigenvalue weighted by Gasteiger charge is -2.20. The monoisotopic (exact) mass is 371 g/mol. The minimum atomic E-state index is -0.280. The fourth-order valence-corrected chi connectivity index (χ4v) is 3.17. The molecule has 1 unspecified atom stereocenters. The Kier molecular flexibility index (Phi) is 6.59. The van der Waals surface area contributed by atoms with E-state index in [1.165, 1.54) is 11.6 Å². The molecule has 1 aromatic heterocycles. The molecule has 0 aliphatic carbocycles. The summed E-state index contributed by atoms with van der Waals surface area (Å²) in [6, 6.07) is 11.5. The third kappa shape index (κ3) is 5.17. The van der Waals surface area contributed by atoms with Crippen LogP contribution in [0, 0.1) is 5.82 Å². The topological polar surface area (TPSA) is 61.8 Å². The van der Waals surface area contributed by atoms with Gasteiger partial charge in [0.25, 0.3) is 0 Å². The molecule has 1 aromatic carbocycles. The van der Waals surface area contributed by atoms with Crippen LogP contribution in [-0.4, -0.2) is 44.2 Å². The van der Waals surface area contributed by atoms with Gasteiger partial charge in [-0.3, -0.25) is 4.99 Å². The Morgan fingerprint density at radius 2 is 2.07 bits per heavy atom. The third-order valence-corrected chi connectivity index (χ3v) is 4.59. The molecule has 27 heavy (non-hydrogen) atoms. The number of aliphatic imine (C=N–C) groups is 1. The third-order valence-electron chi connectivity index (χ3n) is 4.59. The Morgan fingerprint density at radius 3 is 2.78 bits per heavy atom. The van der Waals surface area contributed by atoms with Crippen LogP contribution in [-0.2, 0) is 17.9 Å². The molecule has 0 saturated carbocycles. The van der Waals surface area contributed by atoms with Crippen molar-refractivity contribution in [3.63, 3.8) is 0 Å². The lowest BCUT2D eigenvalue weighted by atomic mass is 10.1. The van der Waals surface area contributed by atoms with Crippen molar-refractivity contribution in [1.29, 1.82) is 0 Å². The molecule has 1 aliphatic heterocycles. The van der Waals surface area contributed by atoms with Crippen LogP contribution in [0.5, 0.6) is 0 Å². The van der Waals surface area contributed by atoms with Gasteiger partial charge in [0.1, 0.15) is 0 Å². The van der Waals surface area contributed by atoms with Crippen molar-refractivity contribution in [2.75, 3.05) is 32.1 Å². The molecule has 0 radical (unpaired) electrons. The average Bonchev–Trinajstić information content (AvgIpc) is 3.15. The molecular weight excluding hydrogens is 345 g/mol. The van der Waals surface area contributed by atoms with E-state index in [4.69, 9.17) is 4.74 Å². The van der Waals surface area contributed by atoms with E-state index in [2.05, 4.69) is 44.9 Å². The maximum Gasteiger partial charge on any atom is 0.191 e. The zero-order valence-corrected chi connectivity index (χ0v) is 15.8. The first-order valence-corrected chi connectivity index (χ1v) is 9.09. The molecule has 1 fully saturated rings. The lowest BCUT2D eigenvalue weighted by molar-refractivity contribution is 0.185. The van der Waals surface area contributed by atoms with E-state index in [0.717, 1.165) is 24.5 Å². The van der Waals surface area contributed by atoms with E-state index in [9.17, 15) is 4.39 Å². The molecule has 2 heterocycles. The van der Waals surface area contributed by atoms with Crippen LogP contribution in [0.3, 0.4) is 0 Å². The fraction of sp³-hybridized carbons (Fsp3) is 0.400. The molecule has 6 nitrogen and oxygen atoms in total. The molecule has 144 valence electrons. The van der Waals surface area contributed by atoms with Crippen molar-refractivity contribution >= 4 is 11.8 Å². The number of halogens is 1. The number of rotatable bonds is 6. The SMILES string of the molecule is CN=C(NCc1ccc(COC)cc1)NC1CCN(c2ncccc2F)C1. The highest BCUT2D eigenvalue weighted by atomic mass is 19.1. The summed E-state index contributed by atoms with van der Waals surface area (Å²) in [4.78, 5) is 10.4. The number of pyridine rings is 1. The van der Waals surface area contributed by atoms with Gasteiger partial charge in [0.15, 0.2) is 17.6 Å². The quantitative estimate of drug-likeness (QED) is 0.603. The lowest BCUT2D eigenvalue weighted by Crippen LogP contribution is -2.44. The minimum Gasteiger partial charge on any atom is -0.380 e. The first-order chi connectivity index (χ1) is 13.2. The smallest absolute Gasteiger partial charge is 0.191 e. The number of hydrogen-bond acceptors (Lipinski definition) is 4. The number of nitrogens with zero attached hydrogens (tertiary/aromatic N) is 3. The Balaban J connectivity index is 1.50. The van der Waals surface area contributed by atoms with Crippen molar-refractivity contribution in [2.45, 2.75) is 25.6 Å². The molecule has 7 heteroatoms. The van der Waals surface area contributed by atoms with Gasteiger partial charge in [0, 0.05) is 46.0 Å². The second-order valence-electron chi connectivity index (χ2n) is 6.56. The number of nitrogens with one attached hydrogen (secondary N) is 2. The maximum atomic E-state index is 13.9. The van der Waals surface area contributed by atoms with Gasteiger partial charge in [-0.05, 0) is 29.7 Å². The number of hydrogen-bond donors (Lipinski definition) is 2. The number of anilines is 1. The summed E-state index contributed by atoms with van der Waals surface area (Å²) >= 11 is 0. The number of aromatic nitrogens is 1. The van der Waals surface area contributed by atoms with Crippen LogP contribution >= 0.6 is 0 Å². The van der Waals surface area contributed by atoms with Crippen molar-refractivity contribution in [3.8, 4) is 0 Å². The number of benzene rings is 1. The molecule has 3 rings (SSSR count). The van der Waals surface area contributed by atoms with Gasteiger partial charge in [-0.1, -0.05) is 24.3 Å². The Hall–Kier alpha value is -2.67. The summed E-state index contributed by atoms with van der Waals surface area (Å²) < 4.78 is 19.0. The van der Waals surface area contributed by atoms with Crippen LogP contribution in [0.25, 0.3) is 0 Å². The zero-order valence-electron chi connectivity index (χ0n) is 15.8. The molecular formula is C20H26FN5O. The van der Waals surface area contributed by atoms with Gasteiger partial charge < -0.3 is 20.3 Å². The Bertz CT molecular complexity index is 765. The maximum absolute atomic E-state index is 13.9. The summed E-state index contributed by atoms with van der Waals surface area (Å²) in [7, 11) is 3.44. The van der Waals surface area contributed by atoms with Gasteiger partial charge in [-0.2, -0.15) is 0 Å². The summed E-state index contributed by atoms with van der Waals surface area (Å²) in [5.74, 6) is 0.878. The zero-order chi connectivity index (χ0) is 19.1. The second kappa shape index (κ2) is 9.32. The van der Waals surface area contributed by atoms with Crippen LogP contribution in [0.15, 0.2) is 47.6 Å². The molecule has 2 N–H and O–H groups in total. The summed E-state index contributed by atoms with van der Waals surface area (Å²) in [6.07, 6.45) is 2.53. The molecule has 1 saturated heterocycles. The van der Waals surface area contributed by atoms with Gasteiger partial charge >= 0.3 is 0 Å². The van der Waals surface area contributed by atoms with Crippen molar-refractivity contribution in [3.05, 3.63) is 59.5 Å². The number of methoxy groups -OCH3 is 1. The first kappa shape index (κ1) is 19.1. The van der Waals surface area contributed by atoms with E-state index in [1.807, 2.05) is 4.90 Å². The minimum absolute atomic E-state index is 0.196. The van der Waals surface area contributed by atoms with Crippen LogP contribution < -0.4 is 15.5 Å². The summed E-state index contributed by atoms with van der Waals surface area (Å²) in [5.41, 5.74) is 2.32. The fourth-order valence-electron chi connectivity index (χ4n) is 3.17. The van der Waals surface area contributed by atoms with Gasteiger partial charge in [0.05, 0.1) is 6.61 Å². The molecule has 0 spiro atoms. The van der Waals surface area contributed by atoms with Gasteiger partial charge in [-0.15, -0.1) is 0 Å². The summed E-state index contributed by atoms with van der Waals surface area (Å²) in [6.45, 7) is 2.76. The second-order valence-corrected chi connectivity index (χ2v) is 6.56. The van der Waals surface area contributed by atoms with Crippen molar-refractivity contribution in [2.24, 2.45) is 4.99 Å². The molecule has 1 aliphatic rings. The van der Waals surface area contributed by atoms with E-state index in [1.54, 1.807) is 26.4 Å². The largest absolute Gasteiger partial charge is 0.380 e. The predicted molar refractivity (Wildman–Crippen MR) is 105 cm³/mol. The van der Waals surface area contributed by atoms with E-state index >= 15 is 0 Å². The van der Waals surface area contributed by atoms with E-state index in [0.29, 0.717) is 25.5 Å². The van der Waals surface area contributed by atoms with Crippen molar-refractivity contribution < 1.29 is 9.13 Å².